The fraction of sp³-hybridized carbons (Fsp3) is 0.400. The van der Waals surface area contributed by atoms with E-state index in [4.69, 9.17) is 4.74 Å². The lowest BCUT2D eigenvalue weighted by Crippen LogP contribution is -2.52. The highest BCUT2D eigenvalue weighted by molar-refractivity contribution is 7.81. The molecule has 1 saturated carbocycles. The molecule has 2 aromatic carbocycles. The minimum atomic E-state index is -1.86. The van der Waals surface area contributed by atoms with E-state index in [-0.39, 0.29) is 22.0 Å². The van der Waals surface area contributed by atoms with Gasteiger partial charge in [-0.15, -0.1) is 0 Å². The molecule has 7 heteroatoms. The topological polar surface area (TPSA) is 99.0 Å². The summed E-state index contributed by atoms with van der Waals surface area (Å²) in [5.41, 5.74) is -0.526. The van der Waals surface area contributed by atoms with Crippen molar-refractivity contribution in [2.24, 2.45) is 5.41 Å². The number of methoxy groups -OCH3 is 1. The number of ether oxygens (including phenoxy) is 1. The van der Waals surface area contributed by atoms with Crippen LogP contribution in [-0.2, 0) is 15.1 Å². The molecular formula is C25H29NO5S. The lowest BCUT2D eigenvalue weighted by molar-refractivity contribution is -0.142. The maximum absolute atomic E-state index is 12.7. The predicted octanol–water partition coefficient (Wildman–Crippen LogP) is 3.46. The van der Waals surface area contributed by atoms with Crippen molar-refractivity contribution in [2.75, 3.05) is 12.4 Å². The SMILES string of the molecule is CO[C@@H]1C(=O)Nc2ccc(/C=C/[C@]3(C)CC[C@H](O)[C@@H](S)C3)c(O)c2[C@@]1(O)c1ccccc1. The van der Waals surface area contributed by atoms with Crippen LogP contribution in [0.5, 0.6) is 5.75 Å². The van der Waals surface area contributed by atoms with E-state index >= 15 is 0 Å². The molecule has 0 unspecified atom stereocenters. The van der Waals surface area contributed by atoms with Crippen LogP contribution >= 0.6 is 12.6 Å². The van der Waals surface area contributed by atoms with Gasteiger partial charge in [-0.1, -0.05) is 49.4 Å². The summed E-state index contributed by atoms with van der Waals surface area (Å²) in [4.78, 5) is 12.7. The van der Waals surface area contributed by atoms with Gasteiger partial charge >= 0.3 is 0 Å². The van der Waals surface area contributed by atoms with Crippen LogP contribution in [0, 0.1) is 5.41 Å². The van der Waals surface area contributed by atoms with Crippen LogP contribution in [0.4, 0.5) is 5.69 Å². The van der Waals surface area contributed by atoms with E-state index in [0.717, 1.165) is 12.8 Å². The number of phenols is 1. The van der Waals surface area contributed by atoms with Gasteiger partial charge in [-0.25, -0.2) is 0 Å². The molecule has 0 bridgehead atoms. The van der Waals surface area contributed by atoms with Crippen LogP contribution in [0.3, 0.4) is 0 Å². The Morgan fingerprint density at radius 2 is 1.94 bits per heavy atom. The summed E-state index contributed by atoms with van der Waals surface area (Å²) < 4.78 is 5.39. The van der Waals surface area contributed by atoms with Crippen LogP contribution < -0.4 is 5.32 Å². The van der Waals surface area contributed by atoms with Crippen LogP contribution in [0.25, 0.3) is 6.08 Å². The standard InChI is InChI=1S/C25H29NO5S/c1-24(13-11-18(27)19(32)14-24)12-10-15-8-9-17-20(21(15)28)25(30,16-6-4-3-5-7-16)22(31-2)23(29)26-17/h3-10,12,18-19,22,27-28,30,32H,11,13-14H2,1-2H3,(H,26,29)/b12-10+/t18-,19-,22+,24+,25-/m0/s1. The molecule has 6 nitrogen and oxygen atoms in total. The number of carbonyl (C=O) groups is 1. The number of allylic oxidation sites excluding steroid dienone is 1. The smallest absolute Gasteiger partial charge is 0.257 e. The molecular weight excluding hydrogens is 426 g/mol. The minimum absolute atomic E-state index is 0.101. The highest BCUT2D eigenvalue weighted by Gasteiger charge is 2.51. The van der Waals surface area contributed by atoms with E-state index in [1.807, 2.05) is 18.2 Å². The molecule has 2 aliphatic rings. The predicted molar refractivity (Wildman–Crippen MR) is 127 cm³/mol. The lowest BCUT2D eigenvalue weighted by Gasteiger charge is -2.40. The number of carbonyl (C=O) groups excluding carboxylic acids is 1. The fourth-order valence-electron chi connectivity index (χ4n) is 4.84. The van der Waals surface area contributed by atoms with Crippen molar-refractivity contribution in [3.05, 3.63) is 65.2 Å². The van der Waals surface area contributed by atoms with E-state index in [1.165, 1.54) is 7.11 Å². The molecule has 2 aromatic rings. The summed E-state index contributed by atoms with van der Waals surface area (Å²) in [7, 11) is 1.36. The normalized spacial score (nSPS) is 32.5. The quantitative estimate of drug-likeness (QED) is 0.455. The first-order chi connectivity index (χ1) is 15.2. The van der Waals surface area contributed by atoms with Gasteiger partial charge < -0.3 is 25.4 Å². The number of aromatic hydroxyl groups is 1. The van der Waals surface area contributed by atoms with E-state index < -0.39 is 23.7 Å². The van der Waals surface area contributed by atoms with Crippen molar-refractivity contribution in [1.82, 2.24) is 0 Å². The molecule has 1 heterocycles. The first-order valence-corrected chi connectivity index (χ1v) is 11.2. The van der Waals surface area contributed by atoms with Gasteiger partial charge in [0.1, 0.15) is 5.75 Å². The second-order valence-electron chi connectivity index (χ2n) is 9.03. The molecule has 0 spiro atoms. The summed E-state index contributed by atoms with van der Waals surface area (Å²) in [6.07, 6.45) is 4.41. The number of rotatable bonds is 4. The number of thiol groups is 1. The molecule has 0 aromatic heterocycles. The van der Waals surface area contributed by atoms with E-state index in [1.54, 1.807) is 36.4 Å². The number of fused-ring (bicyclic) bond motifs is 1. The number of benzene rings is 2. The first-order valence-electron chi connectivity index (χ1n) is 10.7. The molecule has 0 saturated heterocycles. The molecule has 5 atom stereocenters. The van der Waals surface area contributed by atoms with Crippen molar-refractivity contribution in [1.29, 1.82) is 0 Å². The second-order valence-corrected chi connectivity index (χ2v) is 9.69. The monoisotopic (exact) mass is 455 g/mol. The molecule has 1 amide bonds. The second kappa shape index (κ2) is 8.56. The number of amides is 1. The van der Waals surface area contributed by atoms with Crippen LogP contribution in [0.1, 0.15) is 42.9 Å². The Hall–Kier alpha value is -2.32. The van der Waals surface area contributed by atoms with Crippen LogP contribution in [0.15, 0.2) is 48.5 Å². The third kappa shape index (κ3) is 3.83. The Morgan fingerprint density at radius 3 is 2.59 bits per heavy atom. The van der Waals surface area contributed by atoms with Gasteiger partial charge in [0, 0.05) is 17.9 Å². The maximum atomic E-state index is 12.7. The zero-order valence-corrected chi connectivity index (χ0v) is 19.0. The number of aliphatic hydroxyl groups excluding tert-OH is 1. The van der Waals surface area contributed by atoms with E-state index in [9.17, 15) is 20.1 Å². The van der Waals surface area contributed by atoms with E-state index in [2.05, 4.69) is 24.9 Å². The Bertz CT molecular complexity index is 1040. The average Bonchev–Trinajstić information content (AvgIpc) is 2.77. The van der Waals surface area contributed by atoms with Gasteiger partial charge in [0.25, 0.3) is 5.91 Å². The van der Waals surface area contributed by atoms with Gasteiger partial charge in [-0.3, -0.25) is 4.79 Å². The summed E-state index contributed by atoms with van der Waals surface area (Å²) >= 11 is 4.51. The number of aliphatic hydroxyl groups is 2. The van der Waals surface area contributed by atoms with Gasteiger partial charge in [-0.05, 0) is 42.4 Å². The van der Waals surface area contributed by atoms with Crippen molar-refractivity contribution < 1.29 is 24.9 Å². The summed E-state index contributed by atoms with van der Waals surface area (Å²) in [6.45, 7) is 2.11. The summed E-state index contributed by atoms with van der Waals surface area (Å²) in [6, 6.07) is 12.1. The number of hydrogen-bond acceptors (Lipinski definition) is 6. The fourth-order valence-corrected chi connectivity index (χ4v) is 5.41. The van der Waals surface area contributed by atoms with Gasteiger partial charge in [-0.2, -0.15) is 12.6 Å². The van der Waals surface area contributed by atoms with Gasteiger partial charge in [0.15, 0.2) is 11.7 Å². The Kier molecular flexibility index (Phi) is 6.11. The Labute approximate surface area is 193 Å². The van der Waals surface area contributed by atoms with Crippen LogP contribution in [0.2, 0.25) is 0 Å². The first kappa shape index (κ1) is 22.9. The third-order valence-electron chi connectivity index (χ3n) is 6.71. The Balaban J connectivity index is 1.79. The molecule has 1 aliphatic heterocycles. The third-order valence-corrected chi connectivity index (χ3v) is 7.24. The summed E-state index contributed by atoms with van der Waals surface area (Å²) in [5, 5.41) is 35.7. The lowest BCUT2D eigenvalue weighted by atomic mass is 9.73. The zero-order chi connectivity index (χ0) is 23.1. The molecule has 170 valence electrons. The molecule has 4 rings (SSSR count). The highest BCUT2D eigenvalue weighted by atomic mass is 32.1. The molecule has 1 fully saturated rings. The molecule has 32 heavy (non-hydrogen) atoms. The van der Waals surface area contributed by atoms with E-state index in [0.29, 0.717) is 23.2 Å². The summed E-state index contributed by atoms with van der Waals surface area (Å²) in [5.74, 6) is -0.601. The zero-order valence-electron chi connectivity index (χ0n) is 18.2. The van der Waals surface area contributed by atoms with Gasteiger partial charge in [0.2, 0.25) is 0 Å². The number of nitrogens with one attached hydrogen (secondary N) is 1. The Morgan fingerprint density at radius 1 is 1.22 bits per heavy atom. The van der Waals surface area contributed by atoms with Crippen molar-refractivity contribution >= 4 is 30.3 Å². The van der Waals surface area contributed by atoms with Crippen molar-refractivity contribution in [3.63, 3.8) is 0 Å². The number of phenolic OH excluding ortho intramolecular Hbond substituents is 1. The highest BCUT2D eigenvalue weighted by Crippen LogP contribution is 2.48. The van der Waals surface area contributed by atoms with Crippen LogP contribution in [-0.4, -0.2) is 45.8 Å². The largest absolute Gasteiger partial charge is 0.507 e. The molecule has 1 aliphatic carbocycles. The maximum Gasteiger partial charge on any atom is 0.257 e. The molecule has 0 radical (unpaired) electrons. The van der Waals surface area contributed by atoms with Crippen molar-refractivity contribution in [3.8, 4) is 5.75 Å². The minimum Gasteiger partial charge on any atom is -0.507 e. The average molecular weight is 456 g/mol. The number of anilines is 1. The van der Waals surface area contributed by atoms with Crippen molar-refractivity contribution in [2.45, 2.75) is 49.2 Å². The van der Waals surface area contributed by atoms with Gasteiger partial charge in [0.05, 0.1) is 17.4 Å². The number of hydrogen-bond donors (Lipinski definition) is 5. The molecule has 4 N–H and O–H groups in total.